The highest BCUT2D eigenvalue weighted by Gasteiger charge is 2.13. The van der Waals surface area contributed by atoms with Gasteiger partial charge in [-0.25, -0.2) is 4.39 Å². The molecule has 1 aromatic heterocycles. The number of carbonyl (C=O) groups is 1. The van der Waals surface area contributed by atoms with Crippen molar-refractivity contribution in [2.24, 2.45) is 0 Å². The number of benzene rings is 1. The minimum absolute atomic E-state index is 0.118. The number of nitrogens with zero attached hydrogens (tertiary/aromatic N) is 2. The molecule has 0 saturated heterocycles. The monoisotopic (exact) mass is 288 g/mol. The van der Waals surface area contributed by atoms with Gasteiger partial charge < -0.3 is 9.63 Å². The maximum absolute atomic E-state index is 12.9. The molecule has 0 atom stereocenters. The molecule has 0 spiro atoms. The van der Waals surface area contributed by atoms with E-state index in [-0.39, 0.29) is 21.8 Å². The van der Waals surface area contributed by atoms with E-state index in [4.69, 9.17) is 21.2 Å². The molecule has 0 fully saturated rings. The standard InChI is InChI=1S/C10H6ClFN2O3S/c11-7-3-5(12)1-2-6(7)9-13-10(17-14-9)18-4-8(15)16/h1-3H,4H2,(H,15,16). The van der Waals surface area contributed by atoms with Crippen LogP contribution in [0.5, 0.6) is 0 Å². The summed E-state index contributed by atoms with van der Waals surface area (Å²) in [5.41, 5.74) is 0.420. The number of rotatable bonds is 4. The largest absolute Gasteiger partial charge is 0.481 e. The van der Waals surface area contributed by atoms with Gasteiger partial charge in [-0.1, -0.05) is 28.5 Å². The molecule has 8 heteroatoms. The SMILES string of the molecule is O=C(O)CSc1nc(-c2ccc(F)cc2Cl)no1. The van der Waals surface area contributed by atoms with Crippen LogP contribution in [0.1, 0.15) is 0 Å². The van der Waals surface area contributed by atoms with Gasteiger partial charge in [0.25, 0.3) is 5.22 Å². The third kappa shape index (κ3) is 2.99. The first-order valence-corrected chi connectivity index (χ1v) is 6.06. The van der Waals surface area contributed by atoms with Gasteiger partial charge in [0.1, 0.15) is 11.6 Å². The summed E-state index contributed by atoms with van der Waals surface area (Å²) in [6.07, 6.45) is 0. The molecule has 1 aromatic carbocycles. The molecular weight excluding hydrogens is 283 g/mol. The van der Waals surface area contributed by atoms with Crippen LogP contribution in [0.15, 0.2) is 27.9 Å². The Labute approximate surface area is 110 Å². The lowest BCUT2D eigenvalue weighted by Gasteiger charge is -1.97. The molecule has 0 radical (unpaired) electrons. The van der Waals surface area contributed by atoms with Gasteiger partial charge in [0.05, 0.1) is 5.02 Å². The molecule has 2 rings (SSSR count). The fraction of sp³-hybridized carbons (Fsp3) is 0.100. The van der Waals surface area contributed by atoms with Crippen molar-refractivity contribution in [2.75, 3.05) is 5.75 Å². The summed E-state index contributed by atoms with van der Waals surface area (Å²) in [5.74, 6) is -1.45. The fourth-order valence-corrected chi connectivity index (χ4v) is 1.91. The Morgan fingerprint density at radius 1 is 1.56 bits per heavy atom. The van der Waals surface area contributed by atoms with Crippen molar-refractivity contribution in [3.63, 3.8) is 0 Å². The average molecular weight is 289 g/mol. The number of carboxylic acid groups (broad SMARTS) is 1. The maximum Gasteiger partial charge on any atom is 0.314 e. The first-order chi connectivity index (χ1) is 8.56. The van der Waals surface area contributed by atoms with E-state index in [9.17, 15) is 9.18 Å². The second-order valence-corrected chi connectivity index (χ2v) is 4.52. The zero-order valence-electron chi connectivity index (χ0n) is 8.76. The number of hydrogen-bond acceptors (Lipinski definition) is 5. The molecule has 0 aliphatic rings. The van der Waals surface area contributed by atoms with Gasteiger partial charge in [0.2, 0.25) is 5.82 Å². The Balaban J connectivity index is 2.21. The predicted octanol–water partition coefficient (Wildman–Crippen LogP) is 2.71. The number of aliphatic carboxylic acids is 1. The van der Waals surface area contributed by atoms with Crippen LogP contribution < -0.4 is 0 Å². The molecule has 0 aliphatic heterocycles. The zero-order chi connectivity index (χ0) is 13.1. The van der Waals surface area contributed by atoms with E-state index in [1.165, 1.54) is 12.1 Å². The lowest BCUT2D eigenvalue weighted by molar-refractivity contribution is -0.133. The molecule has 1 N–H and O–H groups in total. The fourth-order valence-electron chi connectivity index (χ4n) is 1.17. The highest BCUT2D eigenvalue weighted by atomic mass is 35.5. The van der Waals surface area contributed by atoms with Gasteiger partial charge in [-0.3, -0.25) is 4.79 Å². The normalized spacial score (nSPS) is 10.6. The first kappa shape index (κ1) is 12.8. The number of halogens is 2. The van der Waals surface area contributed by atoms with E-state index < -0.39 is 11.8 Å². The van der Waals surface area contributed by atoms with Crippen LogP contribution in [0.2, 0.25) is 5.02 Å². The number of thioether (sulfide) groups is 1. The molecule has 5 nitrogen and oxygen atoms in total. The van der Waals surface area contributed by atoms with E-state index in [0.717, 1.165) is 17.8 Å². The average Bonchev–Trinajstić information content (AvgIpc) is 2.75. The van der Waals surface area contributed by atoms with Crippen LogP contribution in [-0.2, 0) is 4.79 Å². The molecule has 0 bridgehead atoms. The molecule has 0 amide bonds. The molecule has 94 valence electrons. The Bertz CT molecular complexity index is 590. The van der Waals surface area contributed by atoms with Crippen molar-refractivity contribution in [3.8, 4) is 11.4 Å². The summed E-state index contributed by atoms with van der Waals surface area (Å²) in [7, 11) is 0. The van der Waals surface area contributed by atoms with Crippen molar-refractivity contribution in [2.45, 2.75) is 5.22 Å². The highest BCUT2D eigenvalue weighted by Crippen LogP contribution is 2.27. The lowest BCUT2D eigenvalue weighted by Crippen LogP contribution is -1.97. The van der Waals surface area contributed by atoms with E-state index in [1.54, 1.807) is 0 Å². The molecule has 18 heavy (non-hydrogen) atoms. The van der Waals surface area contributed by atoms with Crippen LogP contribution in [0.4, 0.5) is 4.39 Å². The van der Waals surface area contributed by atoms with Gasteiger partial charge >= 0.3 is 5.97 Å². The Morgan fingerprint density at radius 3 is 3.00 bits per heavy atom. The van der Waals surface area contributed by atoms with Gasteiger partial charge in [-0.2, -0.15) is 4.98 Å². The molecule has 0 saturated carbocycles. The third-order valence-corrected chi connectivity index (χ3v) is 3.02. The van der Waals surface area contributed by atoms with Crippen LogP contribution in [0.25, 0.3) is 11.4 Å². The predicted molar refractivity (Wildman–Crippen MR) is 63.1 cm³/mol. The Hall–Kier alpha value is -1.60. The summed E-state index contributed by atoms with van der Waals surface area (Å²) in [6.45, 7) is 0. The number of aromatic nitrogens is 2. The smallest absolute Gasteiger partial charge is 0.314 e. The van der Waals surface area contributed by atoms with E-state index in [1.807, 2.05) is 0 Å². The van der Waals surface area contributed by atoms with Gasteiger partial charge in [0.15, 0.2) is 0 Å². The van der Waals surface area contributed by atoms with E-state index in [0.29, 0.717) is 5.56 Å². The topological polar surface area (TPSA) is 76.2 Å². The molecule has 0 aliphatic carbocycles. The summed E-state index contributed by atoms with van der Waals surface area (Å²) in [5, 5.41) is 12.4. The lowest BCUT2D eigenvalue weighted by atomic mass is 10.2. The van der Waals surface area contributed by atoms with Gasteiger partial charge in [0, 0.05) is 5.56 Å². The second-order valence-electron chi connectivity index (χ2n) is 3.19. The summed E-state index contributed by atoms with van der Waals surface area (Å²) in [6, 6.07) is 3.78. The van der Waals surface area contributed by atoms with Crippen LogP contribution in [0.3, 0.4) is 0 Å². The highest BCUT2D eigenvalue weighted by molar-refractivity contribution is 7.99. The summed E-state index contributed by atoms with van der Waals surface area (Å²) >= 11 is 6.73. The van der Waals surface area contributed by atoms with Crippen molar-refractivity contribution in [3.05, 3.63) is 29.0 Å². The van der Waals surface area contributed by atoms with Gasteiger partial charge in [-0.05, 0) is 18.2 Å². The van der Waals surface area contributed by atoms with E-state index in [2.05, 4.69) is 10.1 Å². The quantitative estimate of drug-likeness (QED) is 0.872. The van der Waals surface area contributed by atoms with Crippen molar-refractivity contribution < 1.29 is 18.8 Å². The molecule has 0 unspecified atom stereocenters. The van der Waals surface area contributed by atoms with Gasteiger partial charge in [-0.15, -0.1) is 0 Å². The maximum atomic E-state index is 12.9. The van der Waals surface area contributed by atoms with Crippen molar-refractivity contribution >= 4 is 29.3 Å². The number of hydrogen-bond donors (Lipinski definition) is 1. The zero-order valence-corrected chi connectivity index (χ0v) is 10.3. The minimum atomic E-state index is -0.987. The minimum Gasteiger partial charge on any atom is -0.481 e. The summed E-state index contributed by atoms with van der Waals surface area (Å²) in [4.78, 5) is 14.3. The third-order valence-electron chi connectivity index (χ3n) is 1.90. The first-order valence-electron chi connectivity index (χ1n) is 4.70. The second kappa shape index (κ2) is 5.36. The van der Waals surface area contributed by atoms with Crippen molar-refractivity contribution in [1.82, 2.24) is 10.1 Å². The number of carboxylic acids is 1. The van der Waals surface area contributed by atoms with Crippen molar-refractivity contribution in [1.29, 1.82) is 0 Å². The van der Waals surface area contributed by atoms with Crippen LogP contribution >= 0.6 is 23.4 Å². The van der Waals surface area contributed by atoms with E-state index >= 15 is 0 Å². The van der Waals surface area contributed by atoms with Crippen LogP contribution in [0, 0.1) is 5.82 Å². The Morgan fingerprint density at radius 2 is 2.33 bits per heavy atom. The van der Waals surface area contributed by atoms with Crippen LogP contribution in [-0.4, -0.2) is 27.0 Å². The molecular formula is C10H6ClFN2O3S. The Kier molecular flexibility index (Phi) is 3.83. The molecule has 1 heterocycles. The summed E-state index contributed by atoms with van der Waals surface area (Å²) < 4.78 is 17.7. The molecule has 2 aromatic rings.